The van der Waals surface area contributed by atoms with E-state index in [4.69, 9.17) is 13.9 Å². The summed E-state index contributed by atoms with van der Waals surface area (Å²) in [6, 6.07) is 0. The molecule has 0 fully saturated rings. The van der Waals surface area contributed by atoms with Crippen molar-refractivity contribution in [2.45, 2.75) is 33.2 Å². The molecule has 76 valence electrons. The minimum atomic E-state index is -0.938. The Labute approximate surface area is 79.9 Å². The topological polar surface area (TPSA) is 61.8 Å². The average molecular weight is 206 g/mol. The van der Waals surface area contributed by atoms with Crippen LogP contribution < -0.4 is 0 Å². The van der Waals surface area contributed by atoms with Crippen LogP contribution in [0.1, 0.15) is 20.8 Å². The van der Waals surface area contributed by atoms with Crippen LogP contribution >= 0.6 is 0 Å². The van der Waals surface area contributed by atoms with Crippen molar-refractivity contribution in [2.24, 2.45) is 0 Å². The summed E-state index contributed by atoms with van der Waals surface area (Å²) in [4.78, 5) is 21.2. The third-order valence-electron chi connectivity index (χ3n) is 1.32. The zero-order valence-corrected chi connectivity index (χ0v) is 10.2. The average Bonchev–Trinajstić information content (AvgIpc) is 2.00. The van der Waals surface area contributed by atoms with E-state index in [1.807, 2.05) is 0 Å². The molecular formula is C7H14O5Si. The highest BCUT2D eigenvalue weighted by Gasteiger charge is 2.22. The lowest BCUT2D eigenvalue weighted by Gasteiger charge is -2.21. The summed E-state index contributed by atoms with van der Waals surface area (Å²) in [7, 11) is 0.489. The van der Waals surface area contributed by atoms with Crippen LogP contribution in [0.15, 0.2) is 0 Å². The normalized spacial score (nSPS) is 12.6. The molecule has 0 aromatic carbocycles. The molecule has 0 aliphatic carbocycles. The van der Waals surface area contributed by atoms with E-state index in [9.17, 15) is 9.59 Å². The zero-order valence-electron chi connectivity index (χ0n) is 8.20. The van der Waals surface area contributed by atoms with Gasteiger partial charge in [0.25, 0.3) is 6.29 Å². The minimum Gasteiger partial charge on any atom is -0.422 e. The van der Waals surface area contributed by atoms with Gasteiger partial charge in [-0.2, -0.15) is 0 Å². The summed E-state index contributed by atoms with van der Waals surface area (Å²) in [5, 5.41) is 0. The second-order valence-corrected chi connectivity index (χ2v) is 3.00. The largest absolute Gasteiger partial charge is 0.422 e. The first-order valence-corrected chi connectivity index (χ1v) is 4.66. The van der Waals surface area contributed by atoms with Gasteiger partial charge in [-0.3, -0.25) is 9.59 Å². The van der Waals surface area contributed by atoms with Crippen LogP contribution in [0.4, 0.5) is 0 Å². The van der Waals surface area contributed by atoms with Crippen molar-refractivity contribution >= 4 is 22.4 Å². The van der Waals surface area contributed by atoms with Gasteiger partial charge in [-0.25, -0.2) is 0 Å². The molecule has 5 nitrogen and oxygen atoms in total. The summed E-state index contributed by atoms with van der Waals surface area (Å²) in [5.74, 6) is -1.01. The van der Waals surface area contributed by atoms with E-state index in [-0.39, 0.29) is 0 Å². The molecule has 0 saturated carbocycles. The molecule has 0 amide bonds. The lowest BCUT2D eigenvalue weighted by Crippen LogP contribution is -2.34. The Morgan fingerprint density at radius 1 is 1.15 bits per heavy atom. The highest BCUT2D eigenvalue weighted by molar-refractivity contribution is 5.98. The maximum Gasteiger partial charge on any atom is 0.305 e. The van der Waals surface area contributed by atoms with Gasteiger partial charge in [0.1, 0.15) is 16.6 Å². The first-order valence-electron chi connectivity index (χ1n) is 3.84. The van der Waals surface area contributed by atoms with E-state index in [1.54, 1.807) is 6.92 Å². The molecule has 6 heteroatoms. The first kappa shape index (κ1) is 12.1. The summed E-state index contributed by atoms with van der Waals surface area (Å²) in [5.41, 5.74) is 0. The fourth-order valence-electron chi connectivity index (χ4n) is 0.654. The summed E-state index contributed by atoms with van der Waals surface area (Å²) in [6.45, 7) is 4.16. The van der Waals surface area contributed by atoms with Gasteiger partial charge in [-0.15, -0.1) is 0 Å². The number of hydrogen-bond acceptors (Lipinski definition) is 5. The summed E-state index contributed by atoms with van der Waals surface area (Å²) in [6.07, 6.45) is -1.35. The Balaban J connectivity index is 4.17. The number of carbonyl (C=O) groups excluding carboxylic acids is 2. The quantitative estimate of drug-likeness (QED) is 0.340. The molecular weight excluding hydrogens is 192 g/mol. The van der Waals surface area contributed by atoms with E-state index < -0.39 is 24.3 Å². The Morgan fingerprint density at radius 2 is 1.54 bits per heavy atom. The molecule has 0 spiro atoms. The van der Waals surface area contributed by atoms with Gasteiger partial charge in [-0.05, 0) is 6.92 Å². The predicted octanol–water partition coefficient (Wildman–Crippen LogP) is -0.876. The van der Waals surface area contributed by atoms with Gasteiger partial charge < -0.3 is 13.9 Å². The van der Waals surface area contributed by atoms with Crippen molar-refractivity contribution in [3.8, 4) is 0 Å². The van der Waals surface area contributed by atoms with E-state index in [0.29, 0.717) is 10.5 Å². The van der Waals surface area contributed by atoms with Crippen LogP contribution in [0, 0.1) is 0 Å². The van der Waals surface area contributed by atoms with Crippen molar-refractivity contribution < 1.29 is 23.5 Å². The van der Waals surface area contributed by atoms with Crippen molar-refractivity contribution in [3.63, 3.8) is 0 Å². The summed E-state index contributed by atoms with van der Waals surface area (Å²) < 4.78 is 14.5. The molecule has 0 aromatic heterocycles. The molecule has 0 aliphatic rings. The van der Waals surface area contributed by atoms with E-state index in [2.05, 4.69) is 0 Å². The van der Waals surface area contributed by atoms with Crippen LogP contribution in [-0.4, -0.2) is 34.8 Å². The van der Waals surface area contributed by atoms with E-state index >= 15 is 0 Å². The third-order valence-corrected chi connectivity index (χ3v) is 2.06. The van der Waals surface area contributed by atoms with Gasteiger partial charge in [0.2, 0.25) is 0 Å². The SMILES string of the molecule is CC(=O)OC(OC(C)=O)C(C)O[SiH3]. The smallest absolute Gasteiger partial charge is 0.305 e. The molecule has 0 rings (SSSR count). The van der Waals surface area contributed by atoms with Crippen LogP contribution in [0.3, 0.4) is 0 Å². The molecule has 0 saturated heterocycles. The minimum absolute atomic E-state index is 0.417. The Kier molecular flexibility index (Phi) is 5.32. The van der Waals surface area contributed by atoms with Crippen molar-refractivity contribution in [1.29, 1.82) is 0 Å². The maximum atomic E-state index is 10.6. The second kappa shape index (κ2) is 5.71. The molecule has 1 unspecified atom stereocenters. The van der Waals surface area contributed by atoms with Crippen molar-refractivity contribution in [2.75, 3.05) is 0 Å². The molecule has 0 aromatic rings. The predicted molar refractivity (Wildman–Crippen MR) is 47.8 cm³/mol. The van der Waals surface area contributed by atoms with Crippen LogP contribution in [0.2, 0.25) is 0 Å². The molecule has 0 radical (unpaired) electrons. The van der Waals surface area contributed by atoms with Gasteiger partial charge >= 0.3 is 11.9 Å². The Bertz CT molecular complexity index is 177. The number of esters is 2. The molecule has 0 heterocycles. The third kappa shape index (κ3) is 5.37. The van der Waals surface area contributed by atoms with Crippen molar-refractivity contribution in [1.82, 2.24) is 0 Å². The summed E-state index contributed by atoms with van der Waals surface area (Å²) >= 11 is 0. The Hall–Kier alpha value is -0.883. The highest BCUT2D eigenvalue weighted by Crippen LogP contribution is 2.05. The van der Waals surface area contributed by atoms with Gasteiger partial charge in [-0.1, -0.05) is 0 Å². The number of ether oxygens (including phenoxy) is 2. The maximum absolute atomic E-state index is 10.6. The fraction of sp³-hybridized carbons (Fsp3) is 0.714. The number of rotatable bonds is 4. The van der Waals surface area contributed by atoms with Gasteiger partial charge in [0, 0.05) is 13.8 Å². The lowest BCUT2D eigenvalue weighted by atomic mass is 10.4. The number of hydrogen-bond donors (Lipinski definition) is 0. The zero-order chi connectivity index (χ0) is 10.4. The molecule has 13 heavy (non-hydrogen) atoms. The van der Waals surface area contributed by atoms with Gasteiger partial charge in [0.05, 0.1) is 0 Å². The van der Waals surface area contributed by atoms with E-state index in [1.165, 1.54) is 13.8 Å². The lowest BCUT2D eigenvalue weighted by molar-refractivity contribution is -0.199. The Morgan fingerprint density at radius 3 is 1.77 bits per heavy atom. The van der Waals surface area contributed by atoms with Crippen molar-refractivity contribution in [3.05, 3.63) is 0 Å². The van der Waals surface area contributed by atoms with Crippen LogP contribution in [0.5, 0.6) is 0 Å². The monoisotopic (exact) mass is 206 g/mol. The van der Waals surface area contributed by atoms with Gasteiger partial charge in [0.15, 0.2) is 0 Å². The molecule has 1 atom stereocenters. The first-order chi connectivity index (χ1) is 5.97. The van der Waals surface area contributed by atoms with Crippen LogP contribution in [-0.2, 0) is 23.5 Å². The highest BCUT2D eigenvalue weighted by atomic mass is 28.2. The fourth-order valence-corrected chi connectivity index (χ4v) is 0.876. The van der Waals surface area contributed by atoms with E-state index in [0.717, 1.165) is 0 Å². The molecule has 0 bridgehead atoms. The standard InChI is InChI=1S/C7H14O5Si/c1-4(12-13)7(10-5(2)8)11-6(3)9/h4,7H,1-3,13H3. The van der Waals surface area contributed by atoms with Crippen LogP contribution in [0.25, 0.3) is 0 Å². The molecule has 0 aliphatic heterocycles. The second-order valence-electron chi connectivity index (χ2n) is 2.53. The molecule has 0 N–H and O–H groups in total. The number of carbonyl (C=O) groups is 2.